The van der Waals surface area contributed by atoms with Crippen LogP contribution >= 0.6 is 31.9 Å². The second-order valence-corrected chi connectivity index (χ2v) is 5.59. The maximum atomic E-state index is 12.1. The Morgan fingerprint density at radius 2 is 1.68 bits per heavy atom. The normalized spacial score (nSPS) is 9.74. The average Bonchev–Trinajstić information content (AvgIpc) is 2.39. The number of nitrogens with one attached hydrogen (secondary N) is 1. The Labute approximate surface area is 127 Å². The third kappa shape index (κ3) is 3.43. The summed E-state index contributed by atoms with van der Waals surface area (Å²) in [6.45, 7) is 0. The molecule has 3 nitrogen and oxygen atoms in total. The number of amides is 1. The Hall–Kier alpha value is -1.64. The molecule has 0 fully saturated rings. The first-order valence-corrected chi connectivity index (χ1v) is 6.95. The molecule has 94 valence electrons. The van der Waals surface area contributed by atoms with Crippen molar-refractivity contribution in [3.05, 3.63) is 62.5 Å². The molecule has 0 atom stereocenters. The lowest BCUT2D eigenvalue weighted by atomic mass is 10.1. The van der Waals surface area contributed by atoms with Gasteiger partial charge in [-0.1, -0.05) is 31.9 Å². The molecule has 0 aliphatic heterocycles. The number of hydrogen-bond acceptors (Lipinski definition) is 2. The molecule has 1 N–H and O–H groups in total. The molecule has 0 heterocycles. The predicted molar refractivity (Wildman–Crippen MR) is 81.0 cm³/mol. The van der Waals surface area contributed by atoms with Crippen LogP contribution in [-0.4, -0.2) is 5.91 Å². The molecule has 19 heavy (non-hydrogen) atoms. The molecule has 0 aliphatic carbocycles. The lowest BCUT2D eigenvalue weighted by Gasteiger charge is -2.07. The first-order chi connectivity index (χ1) is 9.10. The van der Waals surface area contributed by atoms with Crippen LogP contribution in [0.1, 0.15) is 15.9 Å². The van der Waals surface area contributed by atoms with Crippen molar-refractivity contribution in [1.29, 1.82) is 5.26 Å². The van der Waals surface area contributed by atoms with Crippen molar-refractivity contribution in [2.45, 2.75) is 0 Å². The Kier molecular flexibility index (Phi) is 4.35. The molecule has 2 rings (SSSR count). The van der Waals surface area contributed by atoms with Crippen LogP contribution in [0.15, 0.2) is 51.4 Å². The van der Waals surface area contributed by atoms with Gasteiger partial charge in [0, 0.05) is 14.5 Å². The van der Waals surface area contributed by atoms with E-state index in [2.05, 4.69) is 37.2 Å². The second kappa shape index (κ2) is 6.00. The number of carbonyl (C=O) groups excluding carboxylic acids is 1. The third-order valence-corrected chi connectivity index (χ3v) is 3.48. The summed E-state index contributed by atoms with van der Waals surface area (Å²) in [6, 6.07) is 14.2. The van der Waals surface area contributed by atoms with Gasteiger partial charge in [-0.25, -0.2) is 0 Å². The molecule has 0 bridgehead atoms. The van der Waals surface area contributed by atoms with Crippen molar-refractivity contribution < 1.29 is 4.79 Å². The summed E-state index contributed by atoms with van der Waals surface area (Å²) < 4.78 is 1.71. The molecule has 2 aromatic carbocycles. The number of hydrogen-bond donors (Lipinski definition) is 1. The van der Waals surface area contributed by atoms with Gasteiger partial charge < -0.3 is 5.32 Å². The SMILES string of the molecule is N#Cc1ccc(Br)cc1NC(=O)c1ccc(Br)cc1. The van der Waals surface area contributed by atoms with Crippen LogP contribution in [0.5, 0.6) is 0 Å². The van der Waals surface area contributed by atoms with Gasteiger partial charge in [0.25, 0.3) is 5.91 Å². The van der Waals surface area contributed by atoms with Gasteiger partial charge in [-0.05, 0) is 42.5 Å². The van der Waals surface area contributed by atoms with Gasteiger partial charge in [0.1, 0.15) is 6.07 Å². The van der Waals surface area contributed by atoms with Gasteiger partial charge in [0.05, 0.1) is 11.3 Å². The molecular formula is C14H8Br2N2O. The zero-order valence-corrected chi connectivity index (χ0v) is 12.8. The molecule has 0 aliphatic rings. The topological polar surface area (TPSA) is 52.9 Å². The summed E-state index contributed by atoms with van der Waals surface area (Å²) >= 11 is 6.63. The van der Waals surface area contributed by atoms with Crippen LogP contribution in [0.4, 0.5) is 5.69 Å². The first-order valence-electron chi connectivity index (χ1n) is 5.37. The fourth-order valence-corrected chi connectivity index (χ4v) is 2.14. The van der Waals surface area contributed by atoms with Crippen molar-refractivity contribution in [1.82, 2.24) is 0 Å². The highest BCUT2D eigenvalue weighted by molar-refractivity contribution is 9.10. The van der Waals surface area contributed by atoms with E-state index in [0.29, 0.717) is 16.8 Å². The Balaban J connectivity index is 2.26. The molecule has 1 amide bonds. The average molecular weight is 380 g/mol. The smallest absolute Gasteiger partial charge is 0.255 e. The van der Waals surface area contributed by atoms with Crippen LogP contribution in [0.3, 0.4) is 0 Å². The van der Waals surface area contributed by atoms with E-state index in [9.17, 15) is 4.79 Å². The summed E-state index contributed by atoms with van der Waals surface area (Å²) in [6.07, 6.45) is 0. The van der Waals surface area contributed by atoms with E-state index < -0.39 is 0 Å². The summed E-state index contributed by atoms with van der Waals surface area (Å²) in [5.41, 5.74) is 1.45. The number of nitrogens with zero attached hydrogens (tertiary/aromatic N) is 1. The molecule has 5 heteroatoms. The van der Waals surface area contributed by atoms with E-state index >= 15 is 0 Å². The zero-order valence-electron chi connectivity index (χ0n) is 9.65. The molecular weight excluding hydrogens is 372 g/mol. The molecule has 0 spiro atoms. The van der Waals surface area contributed by atoms with Gasteiger partial charge in [-0.2, -0.15) is 5.26 Å². The maximum Gasteiger partial charge on any atom is 0.255 e. The summed E-state index contributed by atoms with van der Waals surface area (Å²) in [4.78, 5) is 12.1. The van der Waals surface area contributed by atoms with Crippen LogP contribution < -0.4 is 5.32 Å². The molecule has 0 unspecified atom stereocenters. The van der Waals surface area contributed by atoms with Crippen molar-refractivity contribution >= 4 is 43.5 Å². The maximum absolute atomic E-state index is 12.1. The Bertz CT molecular complexity index is 660. The van der Waals surface area contributed by atoms with Gasteiger partial charge in [0.2, 0.25) is 0 Å². The monoisotopic (exact) mass is 378 g/mol. The van der Waals surface area contributed by atoms with Crippen LogP contribution in [0.2, 0.25) is 0 Å². The first kappa shape index (κ1) is 13.8. The predicted octanol–water partition coefficient (Wildman–Crippen LogP) is 4.34. The highest BCUT2D eigenvalue weighted by Gasteiger charge is 2.09. The van der Waals surface area contributed by atoms with E-state index in [-0.39, 0.29) is 5.91 Å². The number of rotatable bonds is 2. The van der Waals surface area contributed by atoms with Gasteiger partial charge in [0.15, 0.2) is 0 Å². The third-order valence-electron chi connectivity index (χ3n) is 2.46. The summed E-state index contributed by atoms with van der Waals surface area (Å²) in [5.74, 6) is -0.248. The highest BCUT2D eigenvalue weighted by atomic mass is 79.9. The van der Waals surface area contributed by atoms with E-state index in [4.69, 9.17) is 5.26 Å². The number of carbonyl (C=O) groups is 1. The number of anilines is 1. The van der Waals surface area contributed by atoms with Crippen LogP contribution in [0.25, 0.3) is 0 Å². The number of halogens is 2. The highest BCUT2D eigenvalue weighted by Crippen LogP contribution is 2.21. The van der Waals surface area contributed by atoms with Crippen molar-refractivity contribution in [3.8, 4) is 6.07 Å². The molecule has 0 radical (unpaired) electrons. The van der Waals surface area contributed by atoms with E-state index in [1.54, 1.807) is 42.5 Å². The minimum absolute atomic E-state index is 0.248. The quantitative estimate of drug-likeness (QED) is 0.843. The fraction of sp³-hybridized carbons (Fsp3) is 0. The molecule has 0 aromatic heterocycles. The molecule has 0 saturated carbocycles. The van der Waals surface area contributed by atoms with Gasteiger partial charge in [-0.15, -0.1) is 0 Å². The van der Waals surface area contributed by atoms with Crippen molar-refractivity contribution in [2.75, 3.05) is 5.32 Å². The van der Waals surface area contributed by atoms with Crippen LogP contribution in [-0.2, 0) is 0 Å². The summed E-state index contributed by atoms with van der Waals surface area (Å²) in [5, 5.41) is 11.7. The molecule has 0 saturated heterocycles. The standard InChI is InChI=1S/C14H8Br2N2O/c15-11-4-1-9(2-5-11)14(19)18-13-7-12(16)6-3-10(13)8-17/h1-7H,(H,18,19). The van der Waals surface area contributed by atoms with Crippen molar-refractivity contribution in [3.63, 3.8) is 0 Å². The minimum atomic E-state index is -0.248. The van der Waals surface area contributed by atoms with E-state index in [1.165, 1.54) is 0 Å². The van der Waals surface area contributed by atoms with Gasteiger partial charge >= 0.3 is 0 Å². The summed E-state index contributed by atoms with van der Waals surface area (Å²) in [7, 11) is 0. The van der Waals surface area contributed by atoms with Crippen molar-refractivity contribution in [2.24, 2.45) is 0 Å². The number of nitriles is 1. The minimum Gasteiger partial charge on any atom is -0.321 e. The largest absolute Gasteiger partial charge is 0.321 e. The van der Waals surface area contributed by atoms with E-state index in [0.717, 1.165) is 8.95 Å². The Morgan fingerprint density at radius 3 is 2.32 bits per heavy atom. The zero-order chi connectivity index (χ0) is 13.8. The second-order valence-electron chi connectivity index (χ2n) is 3.76. The Morgan fingerprint density at radius 1 is 1.05 bits per heavy atom. The fourth-order valence-electron chi connectivity index (χ4n) is 1.51. The lowest BCUT2D eigenvalue weighted by Crippen LogP contribution is -2.12. The number of benzene rings is 2. The van der Waals surface area contributed by atoms with Gasteiger partial charge in [-0.3, -0.25) is 4.79 Å². The molecule has 2 aromatic rings. The van der Waals surface area contributed by atoms with E-state index in [1.807, 2.05) is 6.07 Å². The lowest BCUT2D eigenvalue weighted by molar-refractivity contribution is 0.102. The van der Waals surface area contributed by atoms with Crippen LogP contribution in [0, 0.1) is 11.3 Å².